The largest absolute Gasteiger partial charge is 0.456 e. The van der Waals surface area contributed by atoms with Crippen LogP contribution in [0.2, 0.25) is 0 Å². The number of aliphatic imine (C=N–C) groups is 2. The van der Waals surface area contributed by atoms with E-state index in [1.807, 2.05) is 97.2 Å². The Kier molecular flexibility index (Phi) is 8.27. The molecule has 11 rings (SSSR count). The molecule has 0 aliphatic heterocycles. The highest BCUT2D eigenvalue weighted by Gasteiger charge is 2.16. The Morgan fingerprint density at radius 3 is 1.67 bits per heavy atom. The maximum absolute atomic E-state index is 6.92. The van der Waals surface area contributed by atoms with E-state index in [-0.39, 0.29) is 0 Å². The van der Waals surface area contributed by atoms with Gasteiger partial charge in [-0.05, 0) is 95.1 Å². The molecule has 0 saturated carbocycles. The fraction of sp³-hybridized carbons (Fsp3) is 0. The molecule has 8 nitrogen and oxygen atoms in total. The van der Waals surface area contributed by atoms with E-state index in [1.54, 1.807) is 18.6 Å². The average Bonchev–Trinajstić information content (AvgIpc) is 3.69. The van der Waals surface area contributed by atoms with E-state index in [9.17, 15) is 0 Å². The molecule has 0 bridgehead atoms. The smallest absolute Gasteiger partial charge is 0.162 e. The van der Waals surface area contributed by atoms with Crippen LogP contribution < -0.4 is 5.73 Å². The summed E-state index contributed by atoms with van der Waals surface area (Å²) < 4.78 is 6.11. The van der Waals surface area contributed by atoms with E-state index < -0.39 is 0 Å². The monoisotopic (exact) mass is 771 g/mol. The average molecular weight is 772 g/mol. The van der Waals surface area contributed by atoms with E-state index in [0.717, 1.165) is 104 Å². The van der Waals surface area contributed by atoms with Crippen LogP contribution in [0.3, 0.4) is 0 Å². The summed E-state index contributed by atoms with van der Waals surface area (Å²) >= 11 is 0. The molecular formula is C52H33N7O. The fourth-order valence-corrected chi connectivity index (χ4v) is 8.13. The zero-order chi connectivity index (χ0) is 40.2. The number of furan rings is 1. The van der Waals surface area contributed by atoms with Gasteiger partial charge in [-0.3, -0.25) is 19.9 Å². The van der Waals surface area contributed by atoms with Gasteiger partial charge in [-0.2, -0.15) is 0 Å². The van der Waals surface area contributed by atoms with Crippen LogP contribution in [-0.2, 0) is 0 Å². The van der Waals surface area contributed by atoms with Crippen LogP contribution in [0, 0.1) is 0 Å². The van der Waals surface area contributed by atoms with Crippen molar-refractivity contribution in [1.29, 1.82) is 0 Å². The van der Waals surface area contributed by atoms with Crippen LogP contribution in [0.5, 0.6) is 0 Å². The van der Waals surface area contributed by atoms with Gasteiger partial charge in [0.25, 0.3) is 0 Å². The molecular weight excluding hydrogens is 739 g/mol. The third kappa shape index (κ3) is 6.02. The van der Waals surface area contributed by atoms with Crippen LogP contribution in [-0.4, -0.2) is 31.6 Å². The second-order valence-corrected chi connectivity index (χ2v) is 14.6. The number of rotatable bonds is 6. The van der Waals surface area contributed by atoms with E-state index in [4.69, 9.17) is 30.1 Å². The summed E-state index contributed by atoms with van der Waals surface area (Å²) in [6.07, 6.45) is 7.22. The van der Waals surface area contributed by atoms with Crippen molar-refractivity contribution in [2.75, 3.05) is 0 Å². The number of benzene rings is 6. The van der Waals surface area contributed by atoms with Gasteiger partial charge in [0, 0.05) is 73.8 Å². The number of pyridine rings is 4. The van der Waals surface area contributed by atoms with Crippen molar-refractivity contribution in [2.45, 2.75) is 0 Å². The first-order valence-electron chi connectivity index (χ1n) is 19.6. The third-order valence-corrected chi connectivity index (χ3v) is 11.0. The van der Waals surface area contributed by atoms with Gasteiger partial charge in [0.2, 0.25) is 0 Å². The molecule has 0 aliphatic carbocycles. The first kappa shape index (κ1) is 34.9. The maximum atomic E-state index is 6.92. The number of fused-ring (bicyclic) bond motifs is 9. The second kappa shape index (κ2) is 14.2. The van der Waals surface area contributed by atoms with Gasteiger partial charge < -0.3 is 10.2 Å². The van der Waals surface area contributed by atoms with Crippen LogP contribution >= 0.6 is 0 Å². The summed E-state index contributed by atoms with van der Waals surface area (Å²) in [6, 6.07) is 50.7. The van der Waals surface area contributed by atoms with Crippen LogP contribution in [0.25, 0.3) is 93.5 Å². The molecule has 282 valence electrons. The quantitative estimate of drug-likeness (QED) is 0.102. The van der Waals surface area contributed by atoms with Crippen molar-refractivity contribution < 1.29 is 4.42 Å². The number of nitrogens with two attached hydrogens (primary N) is 1. The van der Waals surface area contributed by atoms with Gasteiger partial charge in [0.15, 0.2) is 5.84 Å². The lowest BCUT2D eigenvalue weighted by atomic mass is 9.96. The van der Waals surface area contributed by atoms with Gasteiger partial charge in [-0.25, -0.2) is 9.98 Å². The molecule has 8 heteroatoms. The molecule has 11 aromatic rings. The predicted molar refractivity (Wildman–Crippen MR) is 245 cm³/mol. The third-order valence-electron chi connectivity index (χ3n) is 11.0. The fourth-order valence-electron chi connectivity index (χ4n) is 8.13. The topological polar surface area (TPSA) is 115 Å². The summed E-state index contributed by atoms with van der Waals surface area (Å²) in [5.41, 5.74) is 18.9. The van der Waals surface area contributed by atoms with Gasteiger partial charge in [-0.15, -0.1) is 0 Å². The standard InChI is InChI=1S/C52H33N7O/c1-31(32-10-4-11-33(26-32)42-28-35-14-6-22-54-47(35)49-40(42)17-8-24-56-49)58-52(59-51(53)37-20-21-46-44(30-37)39-16-2-3-19-45(39)60-46)38-13-5-12-34(27-38)43-29-36-15-7-23-55-48(36)50-41(43)18-9-25-57-50/h2-30H,1H2,(H2,53,58,59). The van der Waals surface area contributed by atoms with E-state index in [0.29, 0.717) is 17.4 Å². The number of hydrogen-bond acceptors (Lipinski definition) is 6. The molecule has 0 fully saturated rings. The van der Waals surface area contributed by atoms with Crippen molar-refractivity contribution in [3.8, 4) is 22.3 Å². The summed E-state index contributed by atoms with van der Waals surface area (Å²) in [5.74, 6) is 0.723. The highest BCUT2D eigenvalue weighted by atomic mass is 16.3. The molecule has 2 N–H and O–H groups in total. The Morgan fingerprint density at radius 1 is 0.450 bits per heavy atom. The SMILES string of the molecule is C=C(/N=C(\N=C(/N)c1ccc2oc3ccccc3c2c1)c1cccc(-c2cc3cccnc3c3ncccc23)c1)c1cccc(-c2cc3cccnc3c3ncccc23)c1. The Bertz CT molecular complexity index is 3600. The molecule has 0 saturated heterocycles. The number of aromatic nitrogens is 4. The first-order valence-corrected chi connectivity index (χ1v) is 19.6. The first-order chi connectivity index (χ1) is 29.6. The highest BCUT2D eigenvalue weighted by Crippen LogP contribution is 2.36. The number of para-hydroxylation sites is 1. The molecule has 6 aromatic carbocycles. The molecule has 0 aliphatic rings. The predicted octanol–water partition coefficient (Wildman–Crippen LogP) is 11.9. The maximum Gasteiger partial charge on any atom is 0.162 e. The Morgan fingerprint density at radius 2 is 1.00 bits per heavy atom. The summed E-state index contributed by atoms with van der Waals surface area (Å²) in [4.78, 5) is 29.0. The van der Waals surface area contributed by atoms with Crippen LogP contribution in [0.15, 0.2) is 197 Å². The minimum atomic E-state index is 0.308. The molecule has 0 spiro atoms. The zero-order valence-corrected chi connectivity index (χ0v) is 32.1. The Balaban J connectivity index is 1.06. The van der Waals surface area contributed by atoms with E-state index in [1.165, 1.54) is 0 Å². The van der Waals surface area contributed by atoms with E-state index in [2.05, 4.69) is 77.2 Å². The van der Waals surface area contributed by atoms with Crippen LogP contribution in [0.1, 0.15) is 16.7 Å². The number of nitrogens with zero attached hydrogens (tertiary/aromatic N) is 6. The minimum Gasteiger partial charge on any atom is -0.456 e. The normalized spacial score (nSPS) is 12.3. The Labute approximate surface area is 343 Å². The van der Waals surface area contributed by atoms with Crippen molar-refractivity contribution in [3.05, 3.63) is 200 Å². The van der Waals surface area contributed by atoms with Gasteiger partial charge in [0.05, 0.1) is 27.8 Å². The Hall–Kier alpha value is -8.36. The molecule has 60 heavy (non-hydrogen) atoms. The second-order valence-electron chi connectivity index (χ2n) is 14.6. The van der Waals surface area contributed by atoms with Crippen molar-refractivity contribution in [1.82, 2.24) is 19.9 Å². The lowest BCUT2D eigenvalue weighted by molar-refractivity contribution is 0.669. The lowest BCUT2D eigenvalue weighted by Crippen LogP contribution is -2.16. The van der Waals surface area contributed by atoms with Crippen molar-refractivity contribution in [3.63, 3.8) is 0 Å². The molecule has 0 amide bonds. The number of hydrogen-bond donors (Lipinski definition) is 1. The van der Waals surface area contributed by atoms with Crippen molar-refractivity contribution in [2.24, 2.45) is 15.7 Å². The molecule has 5 aromatic heterocycles. The lowest BCUT2D eigenvalue weighted by Gasteiger charge is -2.13. The summed E-state index contributed by atoms with van der Waals surface area (Å²) in [7, 11) is 0. The van der Waals surface area contributed by atoms with Gasteiger partial charge in [0.1, 0.15) is 17.0 Å². The summed E-state index contributed by atoms with van der Waals surface area (Å²) in [5, 5.41) is 6.00. The highest BCUT2D eigenvalue weighted by molar-refractivity contribution is 6.16. The summed E-state index contributed by atoms with van der Waals surface area (Å²) in [6.45, 7) is 4.49. The van der Waals surface area contributed by atoms with Crippen molar-refractivity contribution >= 4 is 82.9 Å². The zero-order valence-electron chi connectivity index (χ0n) is 32.1. The number of amidine groups is 2. The molecule has 0 atom stereocenters. The van der Waals surface area contributed by atoms with E-state index >= 15 is 0 Å². The molecule has 0 unspecified atom stereocenters. The molecule has 5 heterocycles. The molecule has 0 radical (unpaired) electrons. The minimum absolute atomic E-state index is 0.308. The van der Waals surface area contributed by atoms with Gasteiger partial charge >= 0.3 is 0 Å². The van der Waals surface area contributed by atoms with Crippen LogP contribution in [0.4, 0.5) is 0 Å². The van der Waals surface area contributed by atoms with Gasteiger partial charge in [-0.1, -0.05) is 85.4 Å².